The van der Waals surface area contributed by atoms with Crippen LogP contribution in [0.4, 0.5) is 0 Å². The molecular weight excluding hydrogens is 274 g/mol. The Hall–Kier alpha value is -2.26. The third kappa shape index (κ3) is 5.26. The van der Waals surface area contributed by atoms with Gasteiger partial charge >= 0.3 is 0 Å². The average molecular weight is 297 g/mol. The highest BCUT2D eigenvalue weighted by Crippen LogP contribution is 2.17. The molecule has 0 amide bonds. The molecule has 1 unspecified atom stereocenters. The number of methoxy groups -OCH3 is 1. The predicted octanol–water partition coefficient (Wildman–Crippen LogP) is 4.02. The van der Waals surface area contributed by atoms with Crippen molar-refractivity contribution in [2.45, 2.75) is 26.0 Å². The molecule has 3 heteroatoms. The molecule has 0 heterocycles. The molecule has 2 N–H and O–H groups in total. The fraction of sp³-hybridized carbons (Fsp3) is 0.263. The van der Waals surface area contributed by atoms with E-state index in [-0.39, 0.29) is 6.04 Å². The molecule has 0 bridgehead atoms. The summed E-state index contributed by atoms with van der Waals surface area (Å²) in [6.45, 7) is 2.55. The fourth-order valence-electron chi connectivity index (χ4n) is 1.98. The molecule has 3 nitrogen and oxygen atoms in total. The van der Waals surface area contributed by atoms with Gasteiger partial charge in [-0.15, -0.1) is 0 Å². The van der Waals surface area contributed by atoms with Crippen molar-refractivity contribution in [2.75, 3.05) is 7.11 Å². The second kappa shape index (κ2) is 8.25. The Labute approximate surface area is 132 Å². The van der Waals surface area contributed by atoms with E-state index in [4.69, 9.17) is 15.2 Å². The molecule has 0 radical (unpaired) electrons. The summed E-state index contributed by atoms with van der Waals surface area (Å²) in [4.78, 5) is 0. The molecule has 2 aromatic carbocycles. The lowest BCUT2D eigenvalue weighted by atomic mass is 10.1. The highest BCUT2D eigenvalue weighted by molar-refractivity contribution is 5.50. The van der Waals surface area contributed by atoms with Gasteiger partial charge in [0.25, 0.3) is 0 Å². The molecule has 2 rings (SSSR count). The van der Waals surface area contributed by atoms with E-state index in [9.17, 15) is 0 Å². The minimum Gasteiger partial charge on any atom is -0.497 e. The van der Waals surface area contributed by atoms with E-state index in [0.717, 1.165) is 29.0 Å². The molecule has 116 valence electrons. The Kier molecular flexibility index (Phi) is 6.04. The van der Waals surface area contributed by atoms with Crippen molar-refractivity contribution >= 4 is 6.08 Å². The maximum atomic E-state index is 5.78. The molecule has 0 saturated carbocycles. The molecule has 0 fully saturated rings. The third-order valence-corrected chi connectivity index (χ3v) is 3.26. The molecule has 0 spiro atoms. The van der Waals surface area contributed by atoms with E-state index in [1.165, 1.54) is 0 Å². The minimum atomic E-state index is 0.198. The summed E-state index contributed by atoms with van der Waals surface area (Å²) in [7, 11) is 1.66. The van der Waals surface area contributed by atoms with Crippen molar-refractivity contribution in [3.63, 3.8) is 0 Å². The first-order valence-electron chi connectivity index (χ1n) is 7.45. The van der Waals surface area contributed by atoms with E-state index in [0.29, 0.717) is 6.61 Å². The maximum absolute atomic E-state index is 5.78. The van der Waals surface area contributed by atoms with Crippen molar-refractivity contribution in [1.29, 1.82) is 0 Å². The zero-order valence-electron chi connectivity index (χ0n) is 13.2. The van der Waals surface area contributed by atoms with Gasteiger partial charge in [0, 0.05) is 6.04 Å². The lowest BCUT2D eigenvalue weighted by molar-refractivity contribution is 0.306. The van der Waals surface area contributed by atoms with Crippen molar-refractivity contribution in [3.05, 3.63) is 65.7 Å². The molecule has 1 atom stereocenters. The summed E-state index contributed by atoms with van der Waals surface area (Å²) in [6.07, 6.45) is 5.06. The predicted molar refractivity (Wildman–Crippen MR) is 91.1 cm³/mol. The van der Waals surface area contributed by atoms with Gasteiger partial charge in [-0.3, -0.25) is 0 Å². The smallest absolute Gasteiger partial charge is 0.119 e. The molecule has 0 aliphatic carbocycles. The van der Waals surface area contributed by atoms with Crippen LogP contribution in [0.1, 0.15) is 24.5 Å². The van der Waals surface area contributed by atoms with Crippen molar-refractivity contribution in [1.82, 2.24) is 0 Å². The highest BCUT2D eigenvalue weighted by atomic mass is 16.5. The van der Waals surface area contributed by atoms with E-state index in [1.807, 2.05) is 55.5 Å². The standard InChI is InChI=1S/C19H23NO2/c1-15(20)4-3-5-16-6-12-19(13-7-16)22-14-17-8-10-18(21-2)11-9-17/h3,5-13,15H,4,14,20H2,1-2H3. The van der Waals surface area contributed by atoms with Gasteiger partial charge in [-0.1, -0.05) is 36.4 Å². The number of nitrogens with two attached hydrogens (primary N) is 1. The zero-order chi connectivity index (χ0) is 15.8. The van der Waals surface area contributed by atoms with E-state index >= 15 is 0 Å². The van der Waals surface area contributed by atoms with Gasteiger partial charge in [-0.25, -0.2) is 0 Å². The Morgan fingerprint density at radius 2 is 1.64 bits per heavy atom. The summed E-state index contributed by atoms with van der Waals surface area (Å²) >= 11 is 0. The number of hydrogen-bond donors (Lipinski definition) is 1. The van der Waals surface area contributed by atoms with Crippen molar-refractivity contribution in [2.24, 2.45) is 5.73 Å². The quantitative estimate of drug-likeness (QED) is 0.839. The van der Waals surface area contributed by atoms with E-state index in [1.54, 1.807) is 7.11 Å². The van der Waals surface area contributed by atoms with Crippen molar-refractivity contribution < 1.29 is 9.47 Å². The minimum absolute atomic E-state index is 0.198. The molecule has 22 heavy (non-hydrogen) atoms. The van der Waals surface area contributed by atoms with E-state index < -0.39 is 0 Å². The fourth-order valence-corrected chi connectivity index (χ4v) is 1.98. The summed E-state index contributed by atoms with van der Waals surface area (Å²) < 4.78 is 10.9. The Balaban J connectivity index is 1.86. The van der Waals surface area contributed by atoms with Crippen LogP contribution in [0.5, 0.6) is 11.5 Å². The van der Waals surface area contributed by atoms with Crippen LogP contribution >= 0.6 is 0 Å². The topological polar surface area (TPSA) is 44.5 Å². The normalized spacial score (nSPS) is 12.3. The molecule has 0 saturated heterocycles. The first-order valence-corrected chi connectivity index (χ1v) is 7.45. The van der Waals surface area contributed by atoms with Crippen LogP contribution in [0.15, 0.2) is 54.6 Å². The summed E-state index contributed by atoms with van der Waals surface area (Å²) in [5.74, 6) is 1.71. The van der Waals surface area contributed by atoms with Crippen LogP contribution in [0.2, 0.25) is 0 Å². The molecular formula is C19H23NO2. The van der Waals surface area contributed by atoms with Gasteiger partial charge in [0.15, 0.2) is 0 Å². The SMILES string of the molecule is COc1ccc(COc2ccc(C=CCC(C)N)cc2)cc1. The Morgan fingerprint density at radius 1 is 1.00 bits per heavy atom. The number of ether oxygens (including phenoxy) is 2. The van der Waals surface area contributed by atoms with Crippen LogP contribution in [0.3, 0.4) is 0 Å². The number of benzene rings is 2. The molecule has 0 aliphatic heterocycles. The molecule has 0 aliphatic rings. The van der Waals surface area contributed by atoms with Gasteiger partial charge in [-0.2, -0.15) is 0 Å². The van der Waals surface area contributed by atoms with Crippen LogP contribution in [0.25, 0.3) is 6.08 Å². The monoisotopic (exact) mass is 297 g/mol. The summed E-state index contributed by atoms with van der Waals surface area (Å²) in [5, 5.41) is 0. The third-order valence-electron chi connectivity index (χ3n) is 3.26. The Morgan fingerprint density at radius 3 is 2.23 bits per heavy atom. The van der Waals surface area contributed by atoms with Gasteiger partial charge in [-0.05, 0) is 48.7 Å². The summed E-state index contributed by atoms with van der Waals surface area (Å²) in [6, 6.07) is 16.1. The highest BCUT2D eigenvalue weighted by Gasteiger charge is 1.97. The second-order valence-corrected chi connectivity index (χ2v) is 5.32. The van der Waals surface area contributed by atoms with Crippen LogP contribution < -0.4 is 15.2 Å². The zero-order valence-corrected chi connectivity index (χ0v) is 13.2. The van der Waals surface area contributed by atoms with Gasteiger partial charge in [0.05, 0.1) is 7.11 Å². The van der Waals surface area contributed by atoms with Crippen LogP contribution in [-0.2, 0) is 6.61 Å². The first-order chi connectivity index (χ1) is 10.7. The number of rotatable bonds is 7. The van der Waals surface area contributed by atoms with Gasteiger partial charge in [0.1, 0.15) is 18.1 Å². The van der Waals surface area contributed by atoms with Gasteiger partial charge < -0.3 is 15.2 Å². The van der Waals surface area contributed by atoms with Crippen LogP contribution in [-0.4, -0.2) is 13.2 Å². The van der Waals surface area contributed by atoms with Crippen LogP contribution in [0, 0.1) is 0 Å². The number of hydrogen-bond acceptors (Lipinski definition) is 3. The first kappa shape index (κ1) is 16.1. The average Bonchev–Trinajstić information content (AvgIpc) is 2.54. The van der Waals surface area contributed by atoms with E-state index in [2.05, 4.69) is 12.2 Å². The van der Waals surface area contributed by atoms with Gasteiger partial charge in [0.2, 0.25) is 0 Å². The largest absolute Gasteiger partial charge is 0.497 e. The lowest BCUT2D eigenvalue weighted by Crippen LogP contribution is -2.12. The molecule has 2 aromatic rings. The second-order valence-electron chi connectivity index (χ2n) is 5.32. The maximum Gasteiger partial charge on any atom is 0.119 e. The molecule has 0 aromatic heterocycles. The van der Waals surface area contributed by atoms with Crippen molar-refractivity contribution in [3.8, 4) is 11.5 Å². The lowest BCUT2D eigenvalue weighted by Gasteiger charge is -2.07. The summed E-state index contributed by atoms with van der Waals surface area (Å²) in [5.41, 5.74) is 7.98. The Bertz CT molecular complexity index is 586.